The van der Waals surface area contributed by atoms with Crippen molar-refractivity contribution in [1.82, 2.24) is 0 Å². The summed E-state index contributed by atoms with van der Waals surface area (Å²) in [6.45, 7) is 5.55. The Balaban J connectivity index is 2.41. The molecule has 0 aromatic heterocycles. The first-order valence-electron chi connectivity index (χ1n) is 4.54. The van der Waals surface area contributed by atoms with E-state index in [1.54, 1.807) is 6.92 Å². The SMILES string of the molecule is C[C@H](S[C@H]1C[C@H](C)OC1=O)[C@@H](C)O. The standard InChI is InChI=1S/C9H16O3S/c1-5-4-8(9(11)12-5)13-7(3)6(2)10/h5-8,10H,4H2,1-3H3/t5-,6+,7-,8-/m0/s1. The zero-order valence-electron chi connectivity index (χ0n) is 8.19. The van der Waals surface area contributed by atoms with Gasteiger partial charge in [0, 0.05) is 11.7 Å². The molecule has 0 unspecified atom stereocenters. The van der Waals surface area contributed by atoms with Gasteiger partial charge in [0.25, 0.3) is 0 Å². The lowest BCUT2D eigenvalue weighted by atomic mass is 10.2. The number of esters is 1. The lowest BCUT2D eigenvalue weighted by molar-refractivity contribution is -0.140. The molecule has 1 aliphatic rings. The molecule has 0 saturated carbocycles. The van der Waals surface area contributed by atoms with E-state index in [2.05, 4.69) is 0 Å². The van der Waals surface area contributed by atoms with Crippen molar-refractivity contribution in [3.05, 3.63) is 0 Å². The van der Waals surface area contributed by atoms with Gasteiger partial charge in [0.1, 0.15) is 11.4 Å². The number of aliphatic hydroxyl groups excluding tert-OH is 1. The van der Waals surface area contributed by atoms with Crippen LogP contribution in [0, 0.1) is 0 Å². The molecule has 1 fully saturated rings. The third-order valence-corrected chi connectivity index (χ3v) is 3.72. The van der Waals surface area contributed by atoms with Gasteiger partial charge in [0.05, 0.1) is 6.10 Å². The Hall–Kier alpha value is -0.220. The highest BCUT2D eigenvalue weighted by atomic mass is 32.2. The maximum Gasteiger partial charge on any atom is 0.319 e. The fraction of sp³-hybridized carbons (Fsp3) is 0.889. The van der Waals surface area contributed by atoms with Crippen LogP contribution in [0.3, 0.4) is 0 Å². The Morgan fingerprint density at radius 3 is 2.62 bits per heavy atom. The second kappa shape index (κ2) is 4.33. The Labute approximate surface area is 82.8 Å². The minimum absolute atomic E-state index is 0.0335. The van der Waals surface area contributed by atoms with E-state index in [4.69, 9.17) is 4.74 Å². The number of carbonyl (C=O) groups excluding carboxylic acids is 1. The normalized spacial score (nSPS) is 32.8. The number of ether oxygens (including phenoxy) is 1. The van der Waals surface area contributed by atoms with E-state index in [-0.39, 0.29) is 28.7 Å². The van der Waals surface area contributed by atoms with E-state index in [1.807, 2.05) is 13.8 Å². The molecule has 13 heavy (non-hydrogen) atoms. The van der Waals surface area contributed by atoms with Crippen LogP contribution in [0.25, 0.3) is 0 Å². The summed E-state index contributed by atoms with van der Waals surface area (Å²) in [4.78, 5) is 11.2. The molecule has 1 heterocycles. The number of hydrogen-bond acceptors (Lipinski definition) is 4. The zero-order chi connectivity index (χ0) is 10.0. The van der Waals surface area contributed by atoms with Gasteiger partial charge in [-0.2, -0.15) is 0 Å². The van der Waals surface area contributed by atoms with Crippen LogP contribution in [0.2, 0.25) is 0 Å². The number of thioether (sulfide) groups is 1. The smallest absolute Gasteiger partial charge is 0.319 e. The number of carbonyl (C=O) groups is 1. The molecule has 0 bridgehead atoms. The average Bonchev–Trinajstić information content (AvgIpc) is 2.30. The van der Waals surface area contributed by atoms with E-state index in [9.17, 15) is 9.90 Å². The van der Waals surface area contributed by atoms with Crippen LogP contribution >= 0.6 is 11.8 Å². The molecule has 0 aromatic rings. The van der Waals surface area contributed by atoms with Gasteiger partial charge < -0.3 is 9.84 Å². The van der Waals surface area contributed by atoms with Crippen molar-refractivity contribution in [1.29, 1.82) is 0 Å². The van der Waals surface area contributed by atoms with Crippen LogP contribution in [0.5, 0.6) is 0 Å². The van der Waals surface area contributed by atoms with Gasteiger partial charge in [-0.25, -0.2) is 0 Å². The summed E-state index contributed by atoms with van der Waals surface area (Å²) in [5, 5.41) is 9.26. The van der Waals surface area contributed by atoms with Gasteiger partial charge >= 0.3 is 5.97 Å². The van der Waals surface area contributed by atoms with Crippen LogP contribution in [0.1, 0.15) is 27.2 Å². The summed E-state index contributed by atoms with van der Waals surface area (Å²) in [6, 6.07) is 0. The van der Waals surface area contributed by atoms with Crippen molar-refractivity contribution in [3.63, 3.8) is 0 Å². The van der Waals surface area contributed by atoms with Crippen LogP contribution in [0.4, 0.5) is 0 Å². The molecule has 4 heteroatoms. The molecule has 0 radical (unpaired) electrons. The van der Waals surface area contributed by atoms with E-state index in [1.165, 1.54) is 11.8 Å². The largest absolute Gasteiger partial charge is 0.462 e. The Morgan fingerprint density at radius 1 is 1.62 bits per heavy atom. The second-order valence-corrected chi connectivity index (χ2v) is 5.14. The average molecular weight is 204 g/mol. The van der Waals surface area contributed by atoms with Crippen molar-refractivity contribution < 1.29 is 14.6 Å². The summed E-state index contributed by atoms with van der Waals surface area (Å²) in [5.41, 5.74) is 0. The van der Waals surface area contributed by atoms with Crippen LogP contribution in [-0.2, 0) is 9.53 Å². The first-order chi connectivity index (χ1) is 6.00. The van der Waals surface area contributed by atoms with Gasteiger partial charge in [-0.05, 0) is 13.8 Å². The van der Waals surface area contributed by atoms with Crippen molar-refractivity contribution >= 4 is 17.7 Å². The van der Waals surface area contributed by atoms with E-state index in [0.717, 1.165) is 6.42 Å². The molecule has 4 atom stereocenters. The number of cyclic esters (lactones) is 1. The summed E-state index contributed by atoms with van der Waals surface area (Å²) in [5.74, 6) is -0.134. The predicted molar refractivity (Wildman–Crippen MR) is 52.7 cm³/mol. The molecule has 1 saturated heterocycles. The molecule has 1 N–H and O–H groups in total. The Kier molecular flexibility index (Phi) is 3.62. The number of hydrogen-bond donors (Lipinski definition) is 1. The lowest BCUT2D eigenvalue weighted by Gasteiger charge is -2.16. The van der Waals surface area contributed by atoms with Crippen molar-refractivity contribution in [3.8, 4) is 0 Å². The second-order valence-electron chi connectivity index (χ2n) is 3.55. The molecule has 3 nitrogen and oxygen atoms in total. The monoisotopic (exact) mass is 204 g/mol. The van der Waals surface area contributed by atoms with E-state index < -0.39 is 0 Å². The molecule has 0 aromatic carbocycles. The van der Waals surface area contributed by atoms with Crippen LogP contribution in [-0.4, -0.2) is 33.8 Å². The van der Waals surface area contributed by atoms with Crippen LogP contribution in [0.15, 0.2) is 0 Å². The fourth-order valence-corrected chi connectivity index (χ4v) is 2.50. The lowest BCUT2D eigenvalue weighted by Crippen LogP contribution is -2.21. The summed E-state index contributed by atoms with van der Waals surface area (Å²) >= 11 is 1.50. The number of aliphatic hydroxyl groups is 1. The summed E-state index contributed by atoms with van der Waals surface area (Å²) in [7, 11) is 0. The first-order valence-corrected chi connectivity index (χ1v) is 5.49. The maximum atomic E-state index is 11.2. The molecular weight excluding hydrogens is 188 g/mol. The molecule has 0 spiro atoms. The minimum atomic E-state index is -0.381. The molecule has 1 rings (SSSR count). The van der Waals surface area contributed by atoms with Gasteiger partial charge in [-0.1, -0.05) is 6.92 Å². The van der Waals surface area contributed by atoms with Gasteiger partial charge in [-0.15, -0.1) is 11.8 Å². The van der Waals surface area contributed by atoms with Crippen molar-refractivity contribution in [2.45, 2.75) is 49.9 Å². The van der Waals surface area contributed by atoms with Gasteiger partial charge in [0.2, 0.25) is 0 Å². The topological polar surface area (TPSA) is 46.5 Å². The maximum absolute atomic E-state index is 11.2. The number of rotatable bonds is 3. The van der Waals surface area contributed by atoms with Gasteiger partial charge in [0.15, 0.2) is 0 Å². The quantitative estimate of drug-likeness (QED) is 0.702. The fourth-order valence-electron chi connectivity index (χ4n) is 1.20. The Morgan fingerprint density at radius 2 is 2.23 bits per heavy atom. The highest BCUT2D eigenvalue weighted by Gasteiger charge is 2.34. The molecular formula is C9H16O3S. The summed E-state index contributed by atoms with van der Waals surface area (Å²) < 4.78 is 5.01. The first kappa shape index (κ1) is 10.9. The van der Waals surface area contributed by atoms with Crippen LogP contribution < -0.4 is 0 Å². The summed E-state index contributed by atoms with van der Waals surface area (Å²) in [6.07, 6.45) is 0.417. The minimum Gasteiger partial charge on any atom is -0.462 e. The highest BCUT2D eigenvalue weighted by Crippen LogP contribution is 2.30. The molecule has 1 aliphatic heterocycles. The third-order valence-electron chi connectivity index (χ3n) is 2.18. The highest BCUT2D eigenvalue weighted by molar-refractivity contribution is 8.01. The molecule has 0 aliphatic carbocycles. The van der Waals surface area contributed by atoms with Gasteiger partial charge in [-0.3, -0.25) is 4.79 Å². The third kappa shape index (κ3) is 2.88. The van der Waals surface area contributed by atoms with E-state index >= 15 is 0 Å². The van der Waals surface area contributed by atoms with Crippen molar-refractivity contribution in [2.75, 3.05) is 0 Å². The van der Waals surface area contributed by atoms with E-state index in [0.29, 0.717) is 0 Å². The zero-order valence-corrected chi connectivity index (χ0v) is 9.00. The van der Waals surface area contributed by atoms with Crippen molar-refractivity contribution in [2.24, 2.45) is 0 Å². The predicted octanol–water partition coefficient (Wildman–Crippen LogP) is 1.19. The molecule has 76 valence electrons. The Bertz CT molecular complexity index is 193. The molecule has 0 amide bonds.